The molecule has 1 rings (SSSR count). The predicted molar refractivity (Wildman–Crippen MR) is 86.3 cm³/mol. The van der Waals surface area contributed by atoms with Gasteiger partial charge in [0.25, 0.3) is 0 Å². The van der Waals surface area contributed by atoms with Gasteiger partial charge in [0.05, 0.1) is 6.42 Å². The molecule has 0 atom stereocenters. The minimum absolute atomic E-state index is 0.128. The highest BCUT2D eigenvalue weighted by Crippen LogP contribution is 2.26. The van der Waals surface area contributed by atoms with E-state index in [9.17, 15) is 4.79 Å². The predicted octanol–water partition coefficient (Wildman–Crippen LogP) is 4.81. The van der Waals surface area contributed by atoms with Crippen LogP contribution in [-0.2, 0) is 14.9 Å². The number of carbonyl (C=O) groups excluding carboxylic acids is 1. The van der Waals surface area contributed by atoms with Gasteiger partial charge in [0.2, 0.25) is 0 Å². The summed E-state index contributed by atoms with van der Waals surface area (Å²) in [5.41, 5.74) is 1.12. The number of carbonyl (C=O) groups is 1. The van der Waals surface area contributed by atoms with Crippen molar-refractivity contribution >= 4 is 17.7 Å². The van der Waals surface area contributed by atoms with E-state index < -0.39 is 5.60 Å². The number of hydrogen-bond donors (Lipinski definition) is 0. The second-order valence-electron chi connectivity index (χ2n) is 6.96. The molecule has 0 saturated heterocycles. The van der Waals surface area contributed by atoms with E-state index in [1.165, 1.54) is 10.5 Å². The van der Waals surface area contributed by atoms with E-state index in [1.807, 2.05) is 20.8 Å². The molecule has 112 valence electrons. The van der Waals surface area contributed by atoms with Crippen molar-refractivity contribution in [3.63, 3.8) is 0 Å². The van der Waals surface area contributed by atoms with Crippen LogP contribution in [-0.4, -0.2) is 17.3 Å². The summed E-state index contributed by atoms with van der Waals surface area (Å²) in [6.07, 6.45) is 0.447. The first-order valence-corrected chi connectivity index (χ1v) is 8.02. The van der Waals surface area contributed by atoms with Crippen molar-refractivity contribution in [1.82, 2.24) is 0 Å². The molecule has 0 N–H and O–H groups in total. The smallest absolute Gasteiger partial charge is 0.307 e. The van der Waals surface area contributed by atoms with Gasteiger partial charge >= 0.3 is 5.97 Å². The summed E-state index contributed by atoms with van der Waals surface area (Å²) < 4.78 is 5.29. The summed E-state index contributed by atoms with van der Waals surface area (Å²) in [6.45, 7) is 12.3. The van der Waals surface area contributed by atoms with Crippen LogP contribution in [0.25, 0.3) is 0 Å². The maximum Gasteiger partial charge on any atom is 0.307 e. The molecule has 0 aromatic heterocycles. The Kier molecular flexibility index (Phi) is 5.69. The normalized spacial score (nSPS) is 12.3. The molecule has 0 saturated carbocycles. The van der Waals surface area contributed by atoms with Gasteiger partial charge in [0.15, 0.2) is 0 Å². The second-order valence-corrected chi connectivity index (χ2v) is 8.13. The maximum atomic E-state index is 11.6. The molecule has 0 heterocycles. The van der Waals surface area contributed by atoms with Gasteiger partial charge in [-0.1, -0.05) is 32.9 Å². The Bertz CT molecular complexity index is 436. The topological polar surface area (TPSA) is 26.3 Å². The lowest BCUT2D eigenvalue weighted by atomic mass is 9.87. The highest BCUT2D eigenvalue weighted by molar-refractivity contribution is 7.99. The average Bonchev–Trinajstić information content (AvgIpc) is 2.26. The fourth-order valence-corrected chi connectivity index (χ4v) is 2.53. The zero-order valence-corrected chi connectivity index (χ0v) is 14.3. The Morgan fingerprint density at radius 1 is 1.05 bits per heavy atom. The molecule has 20 heavy (non-hydrogen) atoms. The molecule has 0 radical (unpaired) electrons. The molecule has 0 unspecified atom stereocenters. The molecule has 2 nitrogen and oxygen atoms in total. The minimum atomic E-state index is -0.393. The van der Waals surface area contributed by atoms with E-state index in [2.05, 4.69) is 45.0 Å². The van der Waals surface area contributed by atoms with Crippen molar-refractivity contribution in [2.24, 2.45) is 0 Å². The molecule has 0 amide bonds. The van der Waals surface area contributed by atoms with Gasteiger partial charge in [-0.25, -0.2) is 0 Å². The molecule has 0 aliphatic carbocycles. The van der Waals surface area contributed by atoms with Crippen LogP contribution < -0.4 is 0 Å². The number of hydrogen-bond acceptors (Lipinski definition) is 3. The fourth-order valence-electron chi connectivity index (χ4n) is 1.70. The van der Waals surface area contributed by atoms with Gasteiger partial charge < -0.3 is 4.74 Å². The molecule has 1 aromatic carbocycles. The van der Waals surface area contributed by atoms with Gasteiger partial charge in [-0.05, 0) is 43.9 Å². The summed E-state index contributed by atoms with van der Waals surface area (Å²) in [6, 6.07) is 8.58. The highest BCUT2D eigenvalue weighted by Gasteiger charge is 2.16. The lowest BCUT2D eigenvalue weighted by molar-refractivity contribution is -0.154. The van der Waals surface area contributed by atoms with E-state index in [4.69, 9.17) is 4.74 Å². The van der Waals surface area contributed by atoms with Gasteiger partial charge in [-0.15, -0.1) is 11.8 Å². The van der Waals surface area contributed by atoms with Crippen molar-refractivity contribution in [1.29, 1.82) is 0 Å². The highest BCUT2D eigenvalue weighted by atomic mass is 32.2. The third-order valence-electron chi connectivity index (χ3n) is 2.72. The number of esters is 1. The molecule has 0 spiro atoms. The van der Waals surface area contributed by atoms with Crippen LogP contribution in [0.1, 0.15) is 53.5 Å². The van der Waals surface area contributed by atoms with Crippen LogP contribution in [0.5, 0.6) is 0 Å². The lowest BCUT2D eigenvalue weighted by Crippen LogP contribution is -2.23. The van der Waals surface area contributed by atoms with Gasteiger partial charge in [0.1, 0.15) is 5.60 Å². The average molecular weight is 294 g/mol. The molecule has 0 fully saturated rings. The van der Waals surface area contributed by atoms with Crippen LogP contribution in [0.4, 0.5) is 0 Å². The second kappa shape index (κ2) is 6.66. The Morgan fingerprint density at radius 2 is 1.60 bits per heavy atom. The quantitative estimate of drug-likeness (QED) is 0.589. The molecule has 0 aliphatic rings. The summed E-state index contributed by atoms with van der Waals surface area (Å²) in [5.74, 6) is 0.625. The molecular weight excluding hydrogens is 268 g/mol. The first-order valence-electron chi connectivity index (χ1n) is 7.03. The SMILES string of the molecule is CC(C)(C)OC(=O)CCSc1ccc(C(C)(C)C)cc1. The van der Waals surface area contributed by atoms with Gasteiger partial charge in [0, 0.05) is 10.6 Å². The molecule has 1 aromatic rings. The van der Waals surface area contributed by atoms with Crippen LogP contribution in [0.2, 0.25) is 0 Å². The minimum Gasteiger partial charge on any atom is -0.460 e. The van der Waals surface area contributed by atoms with Gasteiger partial charge in [-0.3, -0.25) is 4.79 Å². The monoisotopic (exact) mass is 294 g/mol. The lowest BCUT2D eigenvalue weighted by Gasteiger charge is -2.19. The fraction of sp³-hybridized carbons (Fsp3) is 0.588. The number of rotatable bonds is 4. The van der Waals surface area contributed by atoms with E-state index in [0.717, 1.165) is 5.75 Å². The zero-order valence-electron chi connectivity index (χ0n) is 13.4. The Hall–Kier alpha value is -0.960. The molecule has 3 heteroatoms. The molecule has 0 bridgehead atoms. The molecular formula is C17H26O2S. The summed E-state index contributed by atoms with van der Waals surface area (Å²) in [7, 11) is 0. The summed E-state index contributed by atoms with van der Waals surface area (Å²) in [4.78, 5) is 12.8. The van der Waals surface area contributed by atoms with E-state index >= 15 is 0 Å². The third kappa shape index (κ3) is 6.47. The van der Waals surface area contributed by atoms with Crippen LogP contribution in [0.15, 0.2) is 29.2 Å². The Balaban J connectivity index is 2.42. The Morgan fingerprint density at radius 3 is 2.05 bits per heavy atom. The van der Waals surface area contributed by atoms with Crippen molar-refractivity contribution in [3.05, 3.63) is 29.8 Å². The van der Waals surface area contributed by atoms with Gasteiger partial charge in [-0.2, -0.15) is 0 Å². The van der Waals surface area contributed by atoms with Crippen molar-refractivity contribution < 1.29 is 9.53 Å². The van der Waals surface area contributed by atoms with Crippen molar-refractivity contribution in [2.45, 2.75) is 63.9 Å². The van der Waals surface area contributed by atoms with Crippen LogP contribution in [0.3, 0.4) is 0 Å². The molecule has 0 aliphatic heterocycles. The van der Waals surface area contributed by atoms with E-state index in [-0.39, 0.29) is 11.4 Å². The van der Waals surface area contributed by atoms with Crippen LogP contribution >= 0.6 is 11.8 Å². The number of ether oxygens (including phenoxy) is 1. The Labute approximate surface area is 127 Å². The van der Waals surface area contributed by atoms with Crippen LogP contribution in [0, 0.1) is 0 Å². The first kappa shape index (κ1) is 17.1. The van der Waals surface area contributed by atoms with Crippen molar-refractivity contribution in [2.75, 3.05) is 5.75 Å². The number of thioether (sulfide) groups is 1. The summed E-state index contributed by atoms with van der Waals surface area (Å²) in [5, 5.41) is 0. The first-order chi connectivity index (χ1) is 9.08. The zero-order chi connectivity index (χ0) is 15.4. The largest absolute Gasteiger partial charge is 0.460 e. The maximum absolute atomic E-state index is 11.6. The number of benzene rings is 1. The summed E-state index contributed by atoms with van der Waals surface area (Å²) >= 11 is 1.69. The van der Waals surface area contributed by atoms with E-state index in [0.29, 0.717) is 6.42 Å². The van der Waals surface area contributed by atoms with Crippen molar-refractivity contribution in [3.8, 4) is 0 Å². The third-order valence-corrected chi connectivity index (χ3v) is 3.73. The standard InChI is InChI=1S/C17H26O2S/c1-16(2,3)13-7-9-14(10-8-13)20-12-11-15(18)19-17(4,5)6/h7-10H,11-12H2,1-6H3. The van der Waals surface area contributed by atoms with E-state index in [1.54, 1.807) is 11.8 Å².